The van der Waals surface area contributed by atoms with Gasteiger partial charge in [0.2, 0.25) is 0 Å². The number of halogens is 2. The Balaban J connectivity index is 1.25. The molecular weight excluding hydrogens is 597 g/mol. The fourth-order valence-electron chi connectivity index (χ4n) is 6.17. The molecule has 0 saturated carbocycles. The summed E-state index contributed by atoms with van der Waals surface area (Å²) >= 11 is 13.0. The summed E-state index contributed by atoms with van der Waals surface area (Å²) in [5.74, 6) is -1.87. The molecule has 2 heterocycles. The minimum Gasteiger partial charge on any atom is -0.466 e. The first-order valence-corrected chi connectivity index (χ1v) is 15.5. The molecule has 5 rings (SSSR count). The van der Waals surface area contributed by atoms with Crippen molar-refractivity contribution in [1.82, 2.24) is 15.1 Å². The Bertz CT molecular complexity index is 1510. The van der Waals surface area contributed by atoms with Crippen LogP contribution in [0.4, 0.5) is 0 Å². The van der Waals surface area contributed by atoms with Gasteiger partial charge in [-0.1, -0.05) is 96.0 Å². The third-order valence-electron chi connectivity index (χ3n) is 8.32. The van der Waals surface area contributed by atoms with Gasteiger partial charge in [-0.3, -0.25) is 9.80 Å². The number of rotatable bonds is 9. The molecule has 0 aliphatic carbocycles. The molecule has 1 saturated heterocycles. The van der Waals surface area contributed by atoms with Crippen molar-refractivity contribution in [3.63, 3.8) is 0 Å². The first kappa shape index (κ1) is 31.8. The van der Waals surface area contributed by atoms with E-state index in [4.69, 9.17) is 32.7 Å². The summed E-state index contributed by atoms with van der Waals surface area (Å²) in [5, 5.41) is 3.76. The number of dihydropyridines is 1. The minimum absolute atomic E-state index is 0.182. The number of esters is 2. The maximum absolute atomic E-state index is 13.7. The van der Waals surface area contributed by atoms with Crippen LogP contribution >= 0.6 is 23.2 Å². The van der Waals surface area contributed by atoms with Crippen LogP contribution in [0.5, 0.6) is 0 Å². The molecule has 9 heteroatoms. The maximum atomic E-state index is 13.7. The van der Waals surface area contributed by atoms with Gasteiger partial charge in [-0.05, 0) is 36.6 Å². The van der Waals surface area contributed by atoms with Crippen LogP contribution in [0.1, 0.15) is 42.5 Å². The summed E-state index contributed by atoms with van der Waals surface area (Å²) in [6.45, 7) is 7.85. The lowest BCUT2D eigenvalue weighted by molar-refractivity contribution is -0.140. The summed E-state index contributed by atoms with van der Waals surface area (Å²) in [6.07, 6.45) is 0. The number of nitrogens with zero attached hydrogens (tertiary/aromatic N) is 2. The highest BCUT2D eigenvalue weighted by molar-refractivity contribution is 6.42. The van der Waals surface area contributed by atoms with Crippen molar-refractivity contribution in [1.29, 1.82) is 0 Å². The molecule has 2 aliphatic rings. The molecular formula is C35H37Cl2N3O4. The van der Waals surface area contributed by atoms with Gasteiger partial charge >= 0.3 is 11.9 Å². The number of ether oxygens (including phenoxy) is 2. The van der Waals surface area contributed by atoms with Crippen molar-refractivity contribution in [3.8, 4) is 0 Å². The van der Waals surface area contributed by atoms with Crippen molar-refractivity contribution in [2.24, 2.45) is 0 Å². The third kappa shape index (κ3) is 6.87. The van der Waals surface area contributed by atoms with Crippen molar-refractivity contribution >= 4 is 35.1 Å². The number of nitrogens with one attached hydrogen (secondary N) is 1. The van der Waals surface area contributed by atoms with Gasteiger partial charge in [0, 0.05) is 44.1 Å². The Morgan fingerprint density at radius 2 is 1.39 bits per heavy atom. The largest absolute Gasteiger partial charge is 0.466 e. The van der Waals surface area contributed by atoms with Crippen LogP contribution in [0.25, 0.3) is 0 Å². The lowest BCUT2D eigenvalue weighted by Gasteiger charge is -2.39. The molecule has 2 aliphatic heterocycles. The van der Waals surface area contributed by atoms with Crippen LogP contribution in [0.2, 0.25) is 10.0 Å². The Kier molecular flexibility index (Phi) is 10.4. The zero-order valence-corrected chi connectivity index (χ0v) is 26.7. The van der Waals surface area contributed by atoms with E-state index in [1.807, 2.05) is 12.1 Å². The van der Waals surface area contributed by atoms with Crippen molar-refractivity contribution < 1.29 is 19.1 Å². The molecule has 0 radical (unpaired) electrons. The summed E-state index contributed by atoms with van der Waals surface area (Å²) in [6, 6.07) is 26.5. The first-order valence-electron chi connectivity index (χ1n) is 14.7. The van der Waals surface area contributed by atoms with Gasteiger partial charge in [-0.25, -0.2) is 9.59 Å². The van der Waals surface area contributed by atoms with E-state index in [2.05, 4.69) is 63.6 Å². The second-order valence-corrected chi connectivity index (χ2v) is 11.8. The van der Waals surface area contributed by atoms with Crippen LogP contribution in [0.3, 0.4) is 0 Å². The topological polar surface area (TPSA) is 71.1 Å². The fourth-order valence-corrected chi connectivity index (χ4v) is 6.59. The molecule has 1 fully saturated rings. The molecule has 3 aromatic rings. The van der Waals surface area contributed by atoms with Gasteiger partial charge in [0.1, 0.15) is 6.61 Å². The monoisotopic (exact) mass is 633 g/mol. The molecule has 230 valence electrons. The highest BCUT2D eigenvalue weighted by Gasteiger charge is 2.39. The van der Waals surface area contributed by atoms with E-state index >= 15 is 0 Å². The average molecular weight is 635 g/mol. The van der Waals surface area contributed by atoms with Crippen LogP contribution in [0.15, 0.2) is 101 Å². The second-order valence-electron chi connectivity index (χ2n) is 11.0. The van der Waals surface area contributed by atoms with E-state index in [1.54, 1.807) is 32.0 Å². The average Bonchev–Trinajstić information content (AvgIpc) is 3.03. The quantitative estimate of drug-likeness (QED) is 0.275. The van der Waals surface area contributed by atoms with Crippen LogP contribution in [-0.2, 0) is 19.1 Å². The SMILES string of the molecule is COC(=O)C1=C(C)NC(C)=C(C(=O)OCCN2CCN(C(c3ccccc3)c3ccccc3)CC2)C1c1cccc(Cl)c1Cl. The summed E-state index contributed by atoms with van der Waals surface area (Å²) < 4.78 is 10.9. The molecule has 0 amide bonds. The number of benzene rings is 3. The summed E-state index contributed by atoms with van der Waals surface area (Å²) in [4.78, 5) is 31.4. The van der Waals surface area contributed by atoms with Gasteiger partial charge in [0.25, 0.3) is 0 Å². The standard InChI is InChI=1S/C35H37Cl2N3O4/c1-23-29(34(41)43-3)31(27-15-10-16-28(36)32(27)37)30(24(2)38-23)35(42)44-22-21-39-17-19-40(20-18-39)33(25-11-6-4-7-12-25)26-13-8-5-9-14-26/h4-16,31,33,38H,17-22H2,1-3H3. The number of methoxy groups -OCH3 is 1. The van der Waals surface area contributed by atoms with E-state index in [0.29, 0.717) is 34.1 Å². The van der Waals surface area contributed by atoms with Crippen LogP contribution in [-0.4, -0.2) is 68.2 Å². The molecule has 1 atom stereocenters. The number of piperazine rings is 1. The summed E-state index contributed by atoms with van der Waals surface area (Å²) in [7, 11) is 1.31. The Labute approximate surface area is 269 Å². The lowest BCUT2D eigenvalue weighted by Crippen LogP contribution is -2.48. The van der Waals surface area contributed by atoms with E-state index in [9.17, 15) is 9.59 Å². The highest BCUT2D eigenvalue weighted by Crippen LogP contribution is 2.43. The molecule has 0 spiro atoms. The Morgan fingerprint density at radius 3 is 1.95 bits per heavy atom. The molecule has 1 N–H and O–H groups in total. The smallest absolute Gasteiger partial charge is 0.336 e. The van der Waals surface area contributed by atoms with Crippen molar-refractivity contribution in [2.45, 2.75) is 25.8 Å². The molecule has 1 unspecified atom stereocenters. The molecule has 7 nitrogen and oxygen atoms in total. The number of carbonyl (C=O) groups is 2. The van der Waals surface area contributed by atoms with Crippen LogP contribution < -0.4 is 5.32 Å². The highest BCUT2D eigenvalue weighted by atomic mass is 35.5. The zero-order valence-electron chi connectivity index (χ0n) is 25.2. The fraction of sp³-hybridized carbons (Fsp3) is 0.314. The predicted molar refractivity (Wildman–Crippen MR) is 173 cm³/mol. The van der Waals surface area contributed by atoms with Crippen LogP contribution in [0, 0.1) is 0 Å². The second kappa shape index (κ2) is 14.4. The third-order valence-corrected chi connectivity index (χ3v) is 9.15. The normalized spacial score (nSPS) is 17.9. The number of carbonyl (C=O) groups excluding carboxylic acids is 2. The van der Waals surface area contributed by atoms with Gasteiger partial charge in [-0.15, -0.1) is 0 Å². The Morgan fingerprint density at radius 1 is 0.818 bits per heavy atom. The lowest BCUT2D eigenvalue weighted by atomic mass is 9.80. The molecule has 0 aromatic heterocycles. The van der Waals surface area contributed by atoms with Gasteiger partial charge < -0.3 is 14.8 Å². The predicted octanol–water partition coefficient (Wildman–Crippen LogP) is 6.35. The molecule has 44 heavy (non-hydrogen) atoms. The Hall–Kier alpha value is -3.62. The van der Waals surface area contributed by atoms with E-state index in [1.165, 1.54) is 18.2 Å². The van der Waals surface area contributed by atoms with Crippen molar-refractivity contribution in [2.75, 3.05) is 46.4 Å². The van der Waals surface area contributed by atoms with E-state index < -0.39 is 17.9 Å². The van der Waals surface area contributed by atoms with Crippen molar-refractivity contribution in [3.05, 3.63) is 128 Å². The number of allylic oxidation sites excluding steroid dienone is 2. The summed E-state index contributed by atoms with van der Waals surface area (Å²) in [5.41, 5.74) is 4.84. The number of hydrogen-bond acceptors (Lipinski definition) is 7. The molecule has 3 aromatic carbocycles. The van der Waals surface area contributed by atoms with E-state index in [0.717, 1.165) is 26.2 Å². The zero-order chi connectivity index (χ0) is 31.2. The van der Waals surface area contributed by atoms with Gasteiger partial charge in [0.15, 0.2) is 0 Å². The van der Waals surface area contributed by atoms with Gasteiger partial charge in [0.05, 0.1) is 40.3 Å². The number of hydrogen-bond donors (Lipinski definition) is 1. The first-order chi connectivity index (χ1) is 21.3. The molecule has 0 bridgehead atoms. The van der Waals surface area contributed by atoms with Gasteiger partial charge in [-0.2, -0.15) is 0 Å². The van der Waals surface area contributed by atoms with E-state index in [-0.39, 0.29) is 23.2 Å². The maximum Gasteiger partial charge on any atom is 0.336 e. The minimum atomic E-state index is -0.793.